The molecule has 1 amide bonds. The van der Waals surface area contributed by atoms with Crippen molar-refractivity contribution in [3.8, 4) is 0 Å². The first kappa shape index (κ1) is 21.4. The number of hydrogen-bond acceptors (Lipinski definition) is 3. The van der Waals surface area contributed by atoms with Crippen LogP contribution in [0.5, 0.6) is 0 Å². The minimum atomic E-state index is -0.417. The molecule has 3 aromatic rings. The maximum atomic E-state index is 13.2. The third kappa shape index (κ3) is 4.46. The van der Waals surface area contributed by atoms with E-state index < -0.39 is 5.97 Å². The zero-order valence-corrected chi connectivity index (χ0v) is 18.2. The zero-order valence-electron chi connectivity index (χ0n) is 18.2. The predicted molar refractivity (Wildman–Crippen MR) is 119 cm³/mol. The van der Waals surface area contributed by atoms with Gasteiger partial charge >= 0.3 is 5.97 Å². The van der Waals surface area contributed by atoms with Crippen LogP contribution in [0.15, 0.2) is 48.5 Å². The van der Waals surface area contributed by atoms with Gasteiger partial charge in [-0.2, -0.15) is 0 Å². The number of carbonyl (C=O) groups is 2. The number of nitrogens with zero attached hydrogens (tertiary/aromatic N) is 1. The fraction of sp³-hybridized carbons (Fsp3) is 0.280. The molecule has 0 aliphatic rings. The van der Waals surface area contributed by atoms with Gasteiger partial charge in [-0.25, -0.2) is 4.79 Å². The summed E-state index contributed by atoms with van der Waals surface area (Å²) in [7, 11) is 0. The van der Waals surface area contributed by atoms with Gasteiger partial charge in [0.2, 0.25) is 0 Å². The molecule has 0 aliphatic heterocycles. The summed E-state index contributed by atoms with van der Waals surface area (Å²) < 4.78 is 7.17. The maximum Gasteiger partial charge on any atom is 0.355 e. The van der Waals surface area contributed by atoms with Crippen molar-refractivity contribution >= 4 is 17.6 Å². The number of aromatic nitrogens is 1. The van der Waals surface area contributed by atoms with E-state index in [0.717, 1.165) is 28.1 Å². The first-order valence-electron chi connectivity index (χ1n) is 10.1. The monoisotopic (exact) mass is 404 g/mol. The van der Waals surface area contributed by atoms with E-state index in [1.54, 1.807) is 13.8 Å². The molecule has 1 aromatic heterocycles. The molecule has 0 bridgehead atoms. The number of amides is 1. The van der Waals surface area contributed by atoms with Crippen molar-refractivity contribution in [3.63, 3.8) is 0 Å². The summed E-state index contributed by atoms with van der Waals surface area (Å²) in [5.74, 6) is -0.646. The number of esters is 1. The molecule has 1 heterocycles. The Labute approximate surface area is 177 Å². The van der Waals surface area contributed by atoms with Gasteiger partial charge in [0.15, 0.2) is 0 Å². The second-order valence-electron chi connectivity index (χ2n) is 7.56. The molecular formula is C25H28N2O3. The Balaban J connectivity index is 2.04. The molecule has 0 atom stereocenters. The van der Waals surface area contributed by atoms with Gasteiger partial charge in [0.05, 0.1) is 12.2 Å². The molecule has 1 N–H and O–H groups in total. The molecule has 0 saturated heterocycles. The Morgan fingerprint density at radius 2 is 1.60 bits per heavy atom. The molecule has 0 saturated carbocycles. The highest BCUT2D eigenvalue weighted by Crippen LogP contribution is 2.26. The summed E-state index contributed by atoms with van der Waals surface area (Å²) in [4.78, 5) is 25.9. The molecule has 5 nitrogen and oxygen atoms in total. The molecule has 30 heavy (non-hydrogen) atoms. The van der Waals surface area contributed by atoms with E-state index >= 15 is 0 Å². The van der Waals surface area contributed by atoms with Crippen molar-refractivity contribution in [2.75, 3.05) is 11.9 Å². The number of hydrogen-bond donors (Lipinski definition) is 1. The van der Waals surface area contributed by atoms with Crippen LogP contribution in [0.2, 0.25) is 0 Å². The van der Waals surface area contributed by atoms with Crippen LogP contribution in [-0.2, 0) is 11.3 Å². The van der Waals surface area contributed by atoms with E-state index in [-0.39, 0.29) is 12.5 Å². The molecule has 0 aliphatic carbocycles. The number of rotatable bonds is 6. The molecular weight excluding hydrogens is 376 g/mol. The summed E-state index contributed by atoms with van der Waals surface area (Å²) in [5, 5.41) is 2.99. The van der Waals surface area contributed by atoms with E-state index in [0.29, 0.717) is 23.4 Å². The van der Waals surface area contributed by atoms with E-state index in [4.69, 9.17) is 4.74 Å². The van der Waals surface area contributed by atoms with Crippen molar-refractivity contribution in [1.82, 2.24) is 4.57 Å². The third-order valence-corrected chi connectivity index (χ3v) is 5.13. The Morgan fingerprint density at radius 1 is 0.967 bits per heavy atom. The van der Waals surface area contributed by atoms with Crippen LogP contribution in [0.25, 0.3) is 0 Å². The summed E-state index contributed by atoms with van der Waals surface area (Å²) in [5.41, 5.74) is 6.23. The standard InChI is InChI=1S/C25H28N2O3/c1-6-30-25(29)23-18(4)22(19(5)27(23)15-20-10-8-7-9-11-20)24(28)26-21-13-16(2)12-17(3)14-21/h7-14H,6,15H2,1-5H3,(H,26,28). The van der Waals surface area contributed by atoms with Crippen molar-refractivity contribution in [2.24, 2.45) is 0 Å². The first-order valence-corrected chi connectivity index (χ1v) is 10.1. The number of anilines is 1. The SMILES string of the molecule is CCOC(=O)c1c(C)c(C(=O)Nc2cc(C)cc(C)c2)c(C)n1Cc1ccccc1. The van der Waals surface area contributed by atoms with Gasteiger partial charge in [0, 0.05) is 17.9 Å². The fourth-order valence-corrected chi connectivity index (χ4v) is 3.90. The van der Waals surface area contributed by atoms with Gasteiger partial charge in [0.25, 0.3) is 5.91 Å². The summed E-state index contributed by atoms with van der Waals surface area (Å²) in [6.45, 7) is 10.2. The lowest BCUT2D eigenvalue weighted by atomic mass is 10.1. The van der Waals surface area contributed by atoms with E-state index in [1.165, 1.54) is 0 Å². The van der Waals surface area contributed by atoms with Gasteiger partial charge < -0.3 is 14.6 Å². The fourth-order valence-electron chi connectivity index (χ4n) is 3.90. The average Bonchev–Trinajstić information content (AvgIpc) is 2.92. The van der Waals surface area contributed by atoms with Crippen LogP contribution in [0.4, 0.5) is 5.69 Å². The molecule has 0 fully saturated rings. The van der Waals surface area contributed by atoms with Crippen LogP contribution in [0, 0.1) is 27.7 Å². The molecule has 2 aromatic carbocycles. The summed E-state index contributed by atoms with van der Waals surface area (Å²) >= 11 is 0. The molecule has 156 valence electrons. The topological polar surface area (TPSA) is 60.3 Å². The molecule has 3 rings (SSSR count). The number of ether oxygens (including phenoxy) is 1. The smallest absolute Gasteiger partial charge is 0.355 e. The zero-order chi connectivity index (χ0) is 21.8. The average molecular weight is 405 g/mol. The van der Waals surface area contributed by atoms with E-state index in [2.05, 4.69) is 11.4 Å². The Morgan fingerprint density at radius 3 is 2.20 bits per heavy atom. The van der Waals surface area contributed by atoms with Crippen molar-refractivity contribution < 1.29 is 14.3 Å². The van der Waals surface area contributed by atoms with E-state index in [1.807, 2.05) is 67.8 Å². The van der Waals surface area contributed by atoms with Crippen LogP contribution in [-0.4, -0.2) is 23.1 Å². The molecule has 5 heteroatoms. The summed E-state index contributed by atoms with van der Waals surface area (Å²) in [6, 6.07) is 15.8. The maximum absolute atomic E-state index is 13.2. The minimum absolute atomic E-state index is 0.229. The predicted octanol–water partition coefficient (Wildman–Crippen LogP) is 5.20. The van der Waals surface area contributed by atoms with Crippen LogP contribution in [0.3, 0.4) is 0 Å². The molecule has 0 spiro atoms. The lowest BCUT2D eigenvalue weighted by Crippen LogP contribution is -2.15. The van der Waals surface area contributed by atoms with Crippen LogP contribution >= 0.6 is 0 Å². The Kier molecular flexibility index (Phi) is 6.40. The largest absolute Gasteiger partial charge is 0.461 e. The lowest BCUT2D eigenvalue weighted by Gasteiger charge is -2.12. The van der Waals surface area contributed by atoms with Gasteiger partial charge in [-0.05, 0) is 69.0 Å². The highest BCUT2D eigenvalue weighted by atomic mass is 16.5. The molecule has 0 radical (unpaired) electrons. The highest BCUT2D eigenvalue weighted by molar-refractivity contribution is 6.08. The van der Waals surface area contributed by atoms with Crippen LogP contribution < -0.4 is 5.32 Å². The van der Waals surface area contributed by atoms with Gasteiger partial charge in [0.1, 0.15) is 5.69 Å². The quantitative estimate of drug-likeness (QED) is 0.575. The number of aryl methyl sites for hydroxylation is 2. The Bertz CT molecular complexity index is 1060. The third-order valence-electron chi connectivity index (χ3n) is 5.13. The van der Waals surface area contributed by atoms with Crippen LogP contribution in [0.1, 0.15) is 55.7 Å². The number of benzene rings is 2. The summed E-state index contributed by atoms with van der Waals surface area (Å²) in [6.07, 6.45) is 0. The van der Waals surface area contributed by atoms with Crippen molar-refractivity contribution in [2.45, 2.75) is 41.2 Å². The van der Waals surface area contributed by atoms with E-state index in [9.17, 15) is 9.59 Å². The van der Waals surface area contributed by atoms with Crippen molar-refractivity contribution in [3.05, 3.63) is 87.7 Å². The van der Waals surface area contributed by atoms with Gasteiger partial charge in [-0.3, -0.25) is 4.79 Å². The second-order valence-corrected chi connectivity index (χ2v) is 7.56. The van der Waals surface area contributed by atoms with Crippen molar-refractivity contribution in [1.29, 1.82) is 0 Å². The highest BCUT2D eigenvalue weighted by Gasteiger charge is 2.27. The van der Waals surface area contributed by atoms with Gasteiger partial charge in [-0.1, -0.05) is 36.4 Å². The number of nitrogens with one attached hydrogen (secondary N) is 1. The lowest BCUT2D eigenvalue weighted by molar-refractivity contribution is 0.0513. The van der Waals surface area contributed by atoms with Gasteiger partial charge in [-0.15, -0.1) is 0 Å². The normalized spacial score (nSPS) is 10.7. The Hall–Kier alpha value is -3.34. The second kappa shape index (κ2) is 8.99. The first-order chi connectivity index (χ1) is 14.3. The molecule has 0 unspecified atom stereocenters. The number of carbonyl (C=O) groups excluding carboxylic acids is 2. The minimum Gasteiger partial charge on any atom is -0.461 e.